The summed E-state index contributed by atoms with van der Waals surface area (Å²) in [5, 5.41) is 10.6. The predicted molar refractivity (Wildman–Crippen MR) is 78.4 cm³/mol. The number of carbonyl (C=O) groups is 2. The van der Waals surface area contributed by atoms with E-state index in [0.29, 0.717) is 0 Å². The van der Waals surface area contributed by atoms with Crippen molar-refractivity contribution < 1.29 is 45.2 Å². The Bertz CT molecular complexity index is 821. The van der Waals surface area contributed by atoms with Crippen molar-refractivity contribution in [2.75, 3.05) is 0 Å². The lowest BCUT2D eigenvalue weighted by atomic mass is 10.1. The standard InChI is InChI=1S/C14H10F7N3O4/c1-7(5-10(25)12(15,16)13(17,18)14(19,20)21)22-23-11(26)8-3-2-4-9(6-8)24(27)28/h2-6,22H,1H3,(H,23,26)/b7-5+. The number of ketones is 1. The number of hydrazine groups is 1. The molecule has 0 aromatic heterocycles. The summed E-state index contributed by atoms with van der Waals surface area (Å²) < 4.78 is 88.0. The fraction of sp³-hybridized carbons (Fsp3) is 0.286. The highest BCUT2D eigenvalue weighted by molar-refractivity contribution is 5.97. The molecule has 0 aliphatic rings. The molecule has 14 heteroatoms. The average molecular weight is 417 g/mol. The number of nitrogens with one attached hydrogen (secondary N) is 2. The molecule has 0 aliphatic carbocycles. The predicted octanol–water partition coefficient (Wildman–Crippen LogP) is 3.14. The van der Waals surface area contributed by atoms with Gasteiger partial charge in [-0.05, 0) is 13.0 Å². The van der Waals surface area contributed by atoms with E-state index in [4.69, 9.17) is 0 Å². The van der Waals surface area contributed by atoms with E-state index in [1.54, 1.807) is 5.43 Å². The van der Waals surface area contributed by atoms with Crippen molar-refractivity contribution in [2.24, 2.45) is 0 Å². The van der Waals surface area contributed by atoms with E-state index in [1.807, 2.05) is 5.43 Å². The molecule has 0 saturated heterocycles. The fourth-order valence-corrected chi connectivity index (χ4v) is 1.64. The second kappa shape index (κ2) is 7.82. The molecule has 7 nitrogen and oxygen atoms in total. The van der Waals surface area contributed by atoms with Crippen LogP contribution < -0.4 is 10.9 Å². The minimum atomic E-state index is -6.67. The van der Waals surface area contributed by atoms with E-state index in [0.717, 1.165) is 31.2 Å². The maximum atomic E-state index is 13.2. The number of hydrogen-bond acceptors (Lipinski definition) is 5. The van der Waals surface area contributed by atoms with Crippen LogP contribution in [0.5, 0.6) is 0 Å². The second-order valence-corrected chi connectivity index (χ2v) is 5.22. The van der Waals surface area contributed by atoms with Crippen molar-refractivity contribution in [3.8, 4) is 0 Å². The molecule has 1 aromatic carbocycles. The number of carbonyl (C=O) groups excluding carboxylic acids is 2. The van der Waals surface area contributed by atoms with Gasteiger partial charge in [-0.15, -0.1) is 0 Å². The Morgan fingerprint density at radius 2 is 1.64 bits per heavy atom. The maximum absolute atomic E-state index is 13.2. The van der Waals surface area contributed by atoms with Crippen LogP contribution in [0.2, 0.25) is 0 Å². The van der Waals surface area contributed by atoms with Gasteiger partial charge in [-0.25, -0.2) is 0 Å². The average Bonchev–Trinajstić information content (AvgIpc) is 2.58. The van der Waals surface area contributed by atoms with E-state index in [9.17, 15) is 50.4 Å². The lowest BCUT2D eigenvalue weighted by Crippen LogP contribution is -2.55. The van der Waals surface area contributed by atoms with Crippen LogP contribution in [-0.2, 0) is 4.79 Å². The second-order valence-electron chi connectivity index (χ2n) is 5.22. The molecular weight excluding hydrogens is 407 g/mol. The molecular formula is C14H10F7N3O4. The highest BCUT2D eigenvalue weighted by Crippen LogP contribution is 2.47. The molecule has 0 atom stereocenters. The molecule has 0 radical (unpaired) electrons. The highest BCUT2D eigenvalue weighted by atomic mass is 19.4. The molecule has 154 valence electrons. The summed E-state index contributed by atoms with van der Waals surface area (Å²) in [5.74, 6) is -16.6. The number of nitrogens with zero attached hydrogens (tertiary/aromatic N) is 1. The number of amides is 1. The first-order valence-corrected chi connectivity index (χ1v) is 6.97. The number of nitro benzene ring substituents is 1. The Balaban J connectivity index is 2.87. The van der Waals surface area contributed by atoms with Crippen molar-refractivity contribution in [3.05, 3.63) is 51.7 Å². The maximum Gasteiger partial charge on any atom is 0.460 e. The molecule has 1 amide bonds. The van der Waals surface area contributed by atoms with Gasteiger partial charge in [0.15, 0.2) is 0 Å². The zero-order valence-corrected chi connectivity index (χ0v) is 13.6. The van der Waals surface area contributed by atoms with Crippen LogP contribution in [0.15, 0.2) is 36.0 Å². The van der Waals surface area contributed by atoms with Gasteiger partial charge in [0.1, 0.15) is 0 Å². The minimum absolute atomic E-state index is 0.257. The summed E-state index contributed by atoms with van der Waals surface area (Å²) >= 11 is 0. The van der Waals surface area contributed by atoms with Crippen molar-refractivity contribution >= 4 is 17.4 Å². The molecule has 0 aliphatic heterocycles. The number of alkyl halides is 7. The minimum Gasteiger partial charge on any atom is -0.303 e. The lowest BCUT2D eigenvalue weighted by molar-refractivity contribution is -0.384. The lowest BCUT2D eigenvalue weighted by Gasteiger charge is -2.26. The topological polar surface area (TPSA) is 101 Å². The SMILES string of the molecule is C/C(=C\C(=O)C(F)(F)C(F)(F)C(F)(F)F)NNC(=O)c1cccc([N+](=O)[O-])c1. The molecule has 28 heavy (non-hydrogen) atoms. The van der Waals surface area contributed by atoms with Gasteiger partial charge in [0.05, 0.1) is 4.92 Å². The van der Waals surface area contributed by atoms with E-state index < -0.39 is 46.0 Å². The molecule has 0 bridgehead atoms. The van der Waals surface area contributed by atoms with Crippen molar-refractivity contribution in [2.45, 2.75) is 24.9 Å². The van der Waals surface area contributed by atoms with E-state index in [1.165, 1.54) is 0 Å². The Morgan fingerprint density at radius 1 is 1.07 bits per heavy atom. The van der Waals surface area contributed by atoms with E-state index in [-0.39, 0.29) is 11.6 Å². The van der Waals surface area contributed by atoms with Gasteiger partial charge in [0, 0.05) is 29.5 Å². The number of allylic oxidation sites excluding steroid dienone is 2. The summed E-state index contributed by atoms with van der Waals surface area (Å²) in [4.78, 5) is 32.7. The zero-order chi connectivity index (χ0) is 21.9. The molecule has 2 N–H and O–H groups in total. The largest absolute Gasteiger partial charge is 0.460 e. The van der Waals surface area contributed by atoms with Gasteiger partial charge in [0.2, 0.25) is 5.78 Å². The molecule has 0 heterocycles. The van der Waals surface area contributed by atoms with Crippen LogP contribution in [0, 0.1) is 10.1 Å². The number of halogens is 7. The molecule has 1 rings (SSSR count). The monoisotopic (exact) mass is 417 g/mol. The fourth-order valence-electron chi connectivity index (χ4n) is 1.64. The van der Waals surface area contributed by atoms with E-state index in [2.05, 4.69) is 0 Å². The van der Waals surface area contributed by atoms with Crippen LogP contribution >= 0.6 is 0 Å². The van der Waals surface area contributed by atoms with Crippen LogP contribution in [0.25, 0.3) is 0 Å². The Hall–Kier alpha value is -3.19. The number of rotatable bonds is 7. The summed E-state index contributed by atoms with van der Waals surface area (Å²) in [6.07, 6.45) is -6.93. The quantitative estimate of drug-likeness (QED) is 0.307. The van der Waals surface area contributed by atoms with Crippen LogP contribution in [0.3, 0.4) is 0 Å². The van der Waals surface area contributed by atoms with Crippen LogP contribution in [0.1, 0.15) is 17.3 Å². The van der Waals surface area contributed by atoms with Gasteiger partial charge < -0.3 is 5.43 Å². The number of nitro groups is 1. The third kappa shape index (κ3) is 4.75. The Morgan fingerprint density at radius 3 is 2.14 bits per heavy atom. The first kappa shape index (κ1) is 22.9. The van der Waals surface area contributed by atoms with Crippen molar-refractivity contribution in [1.82, 2.24) is 10.9 Å². The number of non-ortho nitro benzene ring substituents is 1. The Kier molecular flexibility index (Phi) is 6.38. The normalized spacial score (nSPS) is 13.1. The smallest absolute Gasteiger partial charge is 0.303 e. The van der Waals surface area contributed by atoms with Crippen molar-refractivity contribution in [1.29, 1.82) is 0 Å². The molecule has 0 fully saturated rings. The van der Waals surface area contributed by atoms with Gasteiger partial charge in [0.25, 0.3) is 11.6 Å². The van der Waals surface area contributed by atoms with Gasteiger partial charge in [-0.3, -0.25) is 25.1 Å². The zero-order valence-electron chi connectivity index (χ0n) is 13.6. The van der Waals surface area contributed by atoms with Crippen molar-refractivity contribution in [3.63, 3.8) is 0 Å². The van der Waals surface area contributed by atoms with Gasteiger partial charge >= 0.3 is 18.0 Å². The first-order chi connectivity index (χ1) is 12.6. The number of hydrogen-bond donors (Lipinski definition) is 2. The van der Waals surface area contributed by atoms with Crippen LogP contribution in [-0.4, -0.2) is 34.6 Å². The van der Waals surface area contributed by atoms with E-state index >= 15 is 0 Å². The molecule has 0 saturated carbocycles. The highest BCUT2D eigenvalue weighted by Gasteiger charge is 2.75. The first-order valence-electron chi connectivity index (χ1n) is 6.97. The summed E-state index contributed by atoms with van der Waals surface area (Å²) in [7, 11) is 0. The van der Waals surface area contributed by atoms with Crippen LogP contribution in [0.4, 0.5) is 36.4 Å². The summed E-state index contributed by atoms with van der Waals surface area (Å²) in [5.41, 5.74) is 2.21. The molecule has 0 spiro atoms. The van der Waals surface area contributed by atoms with Gasteiger partial charge in [-0.1, -0.05) is 6.07 Å². The Labute approximate surface area is 151 Å². The third-order valence-corrected chi connectivity index (χ3v) is 3.10. The summed E-state index contributed by atoms with van der Waals surface area (Å²) in [6.45, 7) is 0.813. The molecule has 1 aromatic rings. The van der Waals surface area contributed by atoms with Gasteiger partial charge in [-0.2, -0.15) is 30.7 Å². The summed E-state index contributed by atoms with van der Waals surface area (Å²) in [6, 6.07) is 4.20. The number of benzene rings is 1. The third-order valence-electron chi connectivity index (χ3n) is 3.10. The molecule has 0 unspecified atom stereocenters.